The van der Waals surface area contributed by atoms with E-state index in [0.29, 0.717) is 16.0 Å². The molecule has 2 rings (SSSR count). The first-order valence-electron chi connectivity index (χ1n) is 2.94. The third-order valence-electron chi connectivity index (χ3n) is 1.37. The van der Waals surface area contributed by atoms with Gasteiger partial charge in [-0.05, 0) is 22.0 Å². The van der Waals surface area contributed by atoms with Gasteiger partial charge in [0.15, 0.2) is 4.60 Å². The molecule has 0 unspecified atom stereocenters. The minimum Gasteiger partial charge on any atom is -0.398 e. The van der Waals surface area contributed by atoms with Crippen LogP contribution in [-0.2, 0) is 0 Å². The average Bonchev–Trinajstić information content (AvgIpc) is 2.34. The predicted molar refractivity (Wildman–Crippen MR) is 43.9 cm³/mol. The van der Waals surface area contributed by atoms with Crippen LogP contribution in [0.3, 0.4) is 0 Å². The van der Waals surface area contributed by atoms with Gasteiger partial charge in [-0.25, -0.2) is 4.98 Å². The average molecular weight is 214 g/mol. The summed E-state index contributed by atoms with van der Waals surface area (Å²) in [5, 5.41) is 4.38. The van der Waals surface area contributed by atoms with Crippen molar-refractivity contribution in [3.63, 3.8) is 0 Å². The fourth-order valence-electron chi connectivity index (χ4n) is 0.862. The van der Waals surface area contributed by atoms with Crippen molar-refractivity contribution in [1.82, 2.24) is 10.1 Å². The molecule has 0 aromatic carbocycles. The summed E-state index contributed by atoms with van der Waals surface area (Å²) < 4.78 is 5.44. The summed E-state index contributed by atoms with van der Waals surface area (Å²) in [5.41, 5.74) is 6.70. The van der Waals surface area contributed by atoms with Crippen LogP contribution in [-0.4, -0.2) is 10.1 Å². The molecule has 4 nitrogen and oxygen atoms in total. The van der Waals surface area contributed by atoms with Crippen LogP contribution in [0.2, 0.25) is 0 Å². The Morgan fingerprint density at radius 2 is 2.36 bits per heavy atom. The summed E-state index contributed by atoms with van der Waals surface area (Å²) in [6, 6.07) is 1.70. The van der Waals surface area contributed by atoms with Crippen LogP contribution in [0.4, 0.5) is 5.69 Å². The number of pyridine rings is 1. The molecule has 2 aromatic rings. The lowest BCUT2D eigenvalue weighted by atomic mass is 10.3. The molecular formula is C6H4BrN3O. The van der Waals surface area contributed by atoms with E-state index >= 15 is 0 Å². The van der Waals surface area contributed by atoms with Crippen molar-refractivity contribution in [2.24, 2.45) is 0 Å². The van der Waals surface area contributed by atoms with Gasteiger partial charge < -0.3 is 10.3 Å². The third kappa shape index (κ3) is 0.883. The Labute approximate surface area is 70.5 Å². The lowest BCUT2D eigenvalue weighted by Crippen LogP contribution is -1.85. The molecule has 0 saturated carbocycles. The van der Waals surface area contributed by atoms with E-state index in [-0.39, 0.29) is 0 Å². The van der Waals surface area contributed by atoms with E-state index in [1.165, 1.54) is 0 Å². The number of nitrogens with two attached hydrogens (primary N) is 1. The number of anilines is 1. The topological polar surface area (TPSA) is 64.9 Å². The van der Waals surface area contributed by atoms with Gasteiger partial charge in [0.1, 0.15) is 0 Å². The Morgan fingerprint density at radius 1 is 1.55 bits per heavy atom. The third-order valence-corrected chi connectivity index (χ3v) is 1.91. The minimum absolute atomic E-state index is 0.455. The van der Waals surface area contributed by atoms with Crippen molar-refractivity contribution in [3.05, 3.63) is 16.9 Å². The Bertz CT molecular complexity index is 398. The highest BCUT2D eigenvalue weighted by molar-refractivity contribution is 9.10. The number of halogens is 1. The molecule has 0 spiro atoms. The molecule has 0 fully saturated rings. The van der Waals surface area contributed by atoms with Crippen LogP contribution in [0, 0.1) is 0 Å². The maximum absolute atomic E-state index is 5.63. The van der Waals surface area contributed by atoms with Crippen LogP contribution >= 0.6 is 15.9 Å². The summed E-state index contributed by atoms with van der Waals surface area (Å²) in [5.74, 6) is 0. The second-order valence-electron chi connectivity index (χ2n) is 2.05. The van der Waals surface area contributed by atoms with Crippen LogP contribution in [0.15, 0.2) is 21.4 Å². The van der Waals surface area contributed by atoms with Gasteiger partial charge in [-0.15, -0.1) is 0 Å². The van der Waals surface area contributed by atoms with Crippen molar-refractivity contribution in [2.45, 2.75) is 0 Å². The summed E-state index contributed by atoms with van der Waals surface area (Å²) in [7, 11) is 0. The van der Waals surface area contributed by atoms with Crippen LogP contribution < -0.4 is 5.73 Å². The Kier molecular flexibility index (Phi) is 1.32. The number of rotatable bonds is 0. The van der Waals surface area contributed by atoms with Gasteiger partial charge in [0.2, 0.25) is 0 Å². The van der Waals surface area contributed by atoms with E-state index in [9.17, 15) is 0 Å². The fourth-order valence-corrected chi connectivity index (χ4v) is 1.33. The monoisotopic (exact) mass is 213 g/mol. The molecule has 0 aliphatic heterocycles. The highest BCUT2D eigenvalue weighted by Crippen LogP contribution is 2.26. The molecule has 0 bridgehead atoms. The van der Waals surface area contributed by atoms with Crippen molar-refractivity contribution >= 4 is 32.7 Å². The highest BCUT2D eigenvalue weighted by atomic mass is 79.9. The van der Waals surface area contributed by atoms with Gasteiger partial charge in [-0.1, -0.05) is 5.16 Å². The molecule has 0 aliphatic rings. The Balaban J connectivity index is 2.96. The smallest absolute Gasteiger partial charge is 0.260 e. The number of fused-ring (bicyclic) bond motifs is 1. The Morgan fingerprint density at radius 3 is 3.09 bits per heavy atom. The number of aromatic nitrogens is 2. The molecule has 2 N–H and O–H groups in total. The predicted octanol–water partition coefficient (Wildman–Crippen LogP) is 1.57. The summed E-state index contributed by atoms with van der Waals surface area (Å²) >= 11 is 3.19. The van der Waals surface area contributed by atoms with E-state index in [2.05, 4.69) is 26.1 Å². The van der Waals surface area contributed by atoms with Gasteiger partial charge in [0, 0.05) is 11.9 Å². The first-order chi connectivity index (χ1) is 5.29. The Hall–Kier alpha value is -1.10. The largest absolute Gasteiger partial charge is 0.398 e. The maximum atomic E-state index is 5.63. The van der Waals surface area contributed by atoms with Gasteiger partial charge in [-0.3, -0.25) is 0 Å². The second-order valence-corrected chi connectivity index (χ2v) is 2.80. The molecule has 5 heteroatoms. The normalized spacial score (nSPS) is 10.6. The van der Waals surface area contributed by atoms with Gasteiger partial charge in [0.25, 0.3) is 5.71 Å². The van der Waals surface area contributed by atoms with Crippen molar-refractivity contribution < 1.29 is 4.52 Å². The van der Waals surface area contributed by atoms with E-state index in [1.54, 1.807) is 12.3 Å². The number of nitrogen functional groups attached to an aromatic ring is 1. The standard InChI is InChI=1S/C6H4BrN3O/c7-5-4-3(8)1-2-9-6(4)11-10-5/h1-2H,(H2,8,9). The van der Waals surface area contributed by atoms with Crippen molar-refractivity contribution in [1.29, 1.82) is 0 Å². The molecule has 0 amide bonds. The maximum Gasteiger partial charge on any atom is 0.260 e. The summed E-state index contributed by atoms with van der Waals surface area (Å²) in [4.78, 5) is 3.92. The van der Waals surface area contributed by atoms with E-state index in [1.807, 2.05) is 0 Å². The van der Waals surface area contributed by atoms with E-state index in [0.717, 1.165) is 5.39 Å². The summed E-state index contributed by atoms with van der Waals surface area (Å²) in [6.45, 7) is 0. The minimum atomic E-state index is 0.455. The number of hydrogen-bond donors (Lipinski definition) is 1. The number of hydrogen-bond acceptors (Lipinski definition) is 4. The van der Waals surface area contributed by atoms with Crippen LogP contribution in [0.1, 0.15) is 0 Å². The summed E-state index contributed by atoms with van der Waals surface area (Å²) in [6.07, 6.45) is 1.58. The molecule has 2 heterocycles. The molecule has 0 atom stereocenters. The molecule has 0 aliphatic carbocycles. The van der Waals surface area contributed by atoms with E-state index in [4.69, 9.17) is 10.3 Å². The fraction of sp³-hybridized carbons (Fsp3) is 0. The first kappa shape index (κ1) is 6.60. The number of nitrogens with zero attached hydrogens (tertiary/aromatic N) is 2. The SMILES string of the molecule is Nc1ccnc2onc(Br)c12. The van der Waals surface area contributed by atoms with Gasteiger partial charge >= 0.3 is 0 Å². The molecule has 56 valence electrons. The zero-order valence-electron chi connectivity index (χ0n) is 5.41. The molecule has 11 heavy (non-hydrogen) atoms. The molecule has 0 radical (unpaired) electrons. The molecular weight excluding hydrogens is 210 g/mol. The first-order valence-corrected chi connectivity index (χ1v) is 3.73. The zero-order chi connectivity index (χ0) is 7.84. The molecule has 2 aromatic heterocycles. The van der Waals surface area contributed by atoms with E-state index < -0.39 is 0 Å². The van der Waals surface area contributed by atoms with Crippen molar-refractivity contribution in [3.8, 4) is 0 Å². The highest BCUT2D eigenvalue weighted by Gasteiger charge is 2.08. The molecule has 0 saturated heterocycles. The lowest BCUT2D eigenvalue weighted by Gasteiger charge is -1.90. The van der Waals surface area contributed by atoms with Crippen LogP contribution in [0.25, 0.3) is 11.1 Å². The van der Waals surface area contributed by atoms with Gasteiger partial charge in [-0.2, -0.15) is 0 Å². The second kappa shape index (κ2) is 2.20. The van der Waals surface area contributed by atoms with Crippen molar-refractivity contribution in [2.75, 3.05) is 5.73 Å². The lowest BCUT2D eigenvalue weighted by molar-refractivity contribution is 0.444. The quantitative estimate of drug-likeness (QED) is 0.722. The zero-order valence-corrected chi connectivity index (χ0v) is 7.00. The van der Waals surface area contributed by atoms with Gasteiger partial charge in [0.05, 0.1) is 5.39 Å². The van der Waals surface area contributed by atoms with Crippen LogP contribution in [0.5, 0.6) is 0 Å².